The van der Waals surface area contributed by atoms with Crippen molar-refractivity contribution in [1.82, 2.24) is 19.6 Å². The van der Waals surface area contributed by atoms with Crippen LogP contribution in [-0.4, -0.2) is 64.9 Å². The Morgan fingerprint density at radius 3 is 2.41 bits per heavy atom. The number of aromatic nitrogens is 2. The Bertz CT molecular complexity index is 766. The number of benzene rings is 1. The van der Waals surface area contributed by atoms with Gasteiger partial charge in [-0.3, -0.25) is 14.4 Å². The second-order valence-corrected chi connectivity index (χ2v) is 6.62. The molecule has 0 saturated carbocycles. The molecule has 0 spiro atoms. The maximum atomic E-state index is 12.9. The molecule has 0 aliphatic carbocycles. The molecule has 7 nitrogen and oxygen atoms in total. The first-order valence-corrected chi connectivity index (χ1v) is 9.49. The first kappa shape index (κ1) is 19.2. The van der Waals surface area contributed by atoms with Gasteiger partial charge in [0.25, 0.3) is 5.91 Å². The van der Waals surface area contributed by atoms with Crippen molar-refractivity contribution in [2.24, 2.45) is 7.05 Å². The normalized spacial score (nSPS) is 15.0. The van der Waals surface area contributed by atoms with Gasteiger partial charge >= 0.3 is 0 Å². The summed E-state index contributed by atoms with van der Waals surface area (Å²) in [6.45, 7) is 8.97. The topological polar surface area (TPSA) is 59.8 Å². The molecule has 3 rings (SSSR count). The molecule has 0 N–H and O–H groups in total. The molecule has 27 heavy (non-hydrogen) atoms. The van der Waals surface area contributed by atoms with Crippen molar-refractivity contribution in [3.8, 4) is 11.5 Å². The van der Waals surface area contributed by atoms with E-state index in [0.29, 0.717) is 30.3 Å². The summed E-state index contributed by atoms with van der Waals surface area (Å²) in [5.74, 6) is 1.35. The molecule has 1 saturated heterocycles. The van der Waals surface area contributed by atoms with Crippen LogP contribution in [0.5, 0.6) is 11.5 Å². The second kappa shape index (κ2) is 8.90. The number of carbonyl (C=O) groups excluding carboxylic acids is 1. The summed E-state index contributed by atoms with van der Waals surface area (Å²) in [4.78, 5) is 17.2. The summed E-state index contributed by atoms with van der Waals surface area (Å²) in [7, 11) is 1.92. The van der Waals surface area contributed by atoms with Gasteiger partial charge in [-0.15, -0.1) is 0 Å². The molecule has 146 valence electrons. The minimum absolute atomic E-state index is 0.0417. The highest BCUT2D eigenvalue weighted by Gasteiger charge is 2.23. The van der Waals surface area contributed by atoms with Crippen LogP contribution in [0.25, 0.3) is 0 Å². The summed E-state index contributed by atoms with van der Waals surface area (Å²) < 4.78 is 13.0. The first-order valence-electron chi connectivity index (χ1n) is 9.49. The van der Waals surface area contributed by atoms with Crippen LogP contribution < -0.4 is 9.47 Å². The van der Waals surface area contributed by atoms with E-state index in [1.807, 2.05) is 55.0 Å². The van der Waals surface area contributed by atoms with Crippen molar-refractivity contribution in [1.29, 1.82) is 0 Å². The Morgan fingerprint density at radius 2 is 1.78 bits per heavy atom. The van der Waals surface area contributed by atoms with Crippen LogP contribution >= 0.6 is 0 Å². The van der Waals surface area contributed by atoms with Crippen LogP contribution in [0.15, 0.2) is 30.6 Å². The van der Waals surface area contributed by atoms with Crippen LogP contribution in [0.3, 0.4) is 0 Å². The Labute approximate surface area is 160 Å². The lowest BCUT2D eigenvalue weighted by Gasteiger charge is -2.34. The number of hydrogen-bond acceptors (Lipinski definition) is 5. The van der Waals surface area contributed by atoms with E-state index in [4.69, 9.17) is 9.47 Å². The van der Waals surface area contributed by atoms with Gasteiger partial charge in [0, 0.05) is 57.1 Å². The second-order valence-electron chi connectivity index (χ2n) is 6.62. The van der Waals surface area contributed by atoms with Crippen molar-refractivity contribution >= 4 is 5.91 Å². The maximum Gasteiger partial charge on any atom is 0.254 e. The SMILES string of the molecule is CCOc1ccc(C(=O)N2CCN(Cc3cnn(C)c3)CC2)cc1OCC. The highest BCUT2D eigenvalue weighted by atomic mass is 16.5. The van der Waals surface area contributed by atoms with Crippen LogP contribution in [0.4, 0.5) is 0 Å². The van der Waals surface area contributed by atoms with Crippen LogP contribution in [0.1, 0.15) is 29.8 Å². The van der Waals surface area contributed by atoms with E-state index < -0.39 is 0 Å². The molecule has 0 radical (unpaired) electrons. The lowest BCUT2D eigenvalue weighted by molar-refractivity contribution is 0.0628. The van der Waals surface area contributed by atoms with Gasteiger partial charge in [0.15, 0.2) is 11.5 Å². The number of aryl methyl sites for hydroxylation is 1. The molecule has 1 amide bonds. The molecule has 0 unspecified atom stereocenters. The molecule has 1 aliphatic rings. The molecule has 1 aromatic carbocycles. The Balaban J connectivity index is 1.60. The number of amides is 1. The molecule has 0 bridgehead atoms. The first-order chi connectivity index (χ1) is 13.1. The number of rotatable bonds is 7. The van der Waals surface area contributed by atoms with E-state index in [1.165, 1.54) is 5.56 Å². The lowest BCUT2D eigenvalue weighted by atomic mass is 10.1. The fourth-order valence-corrected chi connectivity index (χ4v) is 3.29. The van der Waals surface area contributed by atoms with Gasteiger partial charge in [0.05, 0.1) is 19.4 Å². The van der Waals surface area contributed by atoms with E-state index in [-0.39, 0.29) is 5.91 Å². The monoisotopic (exact) mass is 372 g/mol. The number of hydrogen-bond donors (Lipinski definition) is 0. The fourth-order valence-electron chi connectivity index (χ4n) is 3.29. The van der Waals surface area contributed by atoms with E-state index in [1.54, 1.807) is 6.07 Å². The molecule has 1 aliphatic heterocycles. The van der Waals surface area contributed by atoms with Crippen molar-refractivity contribution in [3.63, 3.8) is 0 Å². The van der Waals surface area contributed by atoms with E-state index in [2.05, 4.69) is 10.00 Å². The van der Waals surface area contributed by atoms with Crippen molar-refractivity contribution in [3.05, 3.63) is 41.7 Å². The molecule has 2 heterocycles. The zero-order valence-corrected chi connectivity index (χ0v) is 16.4. The quantitative estimate of drug-likeness (QED) is 0.746. The molecule has 7 heteroatoms. The average Bonchev–Trinajstić information content (AvgIpc) is 3.08. The van der Waals surface area contributed by atoms with Crippen LogP contribution in [0, 0.1) is 0 Å². The predicted molar refractivity (Wildman–Crippen MR) is 103 cm³/mol. The van der Waals surface area contributed by atoms with Gasteiger partial charge in [-0.2, -0.15) is 5.10 Å². The fraction of sp³-hybridized carbons (Fsp3) is 0.500. The molecule has 1 aromatic heterocycles. The molecular formula is C20H28N4O3. The molecular weight excluding hydrogens is 344 g/mol. The Morgan fingerprint density at radius 1 is 1.07 bits per heavy atom. The third-order valence-corrected chi connectivity index (χ3v) is 4.61. The van der Waals surface area contributed by atoms with Gasteiger partial charge in [-0.1, -0.05) is 0 Å². The number of piperazine rings is 1. The van der Waals surface area contributed by atoms with E-state index >= 15 is 0 Å². The van der Waals surface area contributed by atoms with Gasteiger partial charge in [0.1, 0.15) is 0 Å². The summed E-state index contributed by atoms with van der Waals surface area (Å²) in [5.41, 5.74) is 1.84. The standard InChI is InChI=1S/C20H28N4O3/c1-4-26-18-7-6-17(12-19(18)27-5-2)20(25)24-10-8-23(9-11-24)15-16-13-21-22(3)14-16/h6-7,12-14H,4-5,8-11,15H2,1-3H3. The van der Waals surface area contributed by atoms with Crippen molar-refractivity contribution < 1.29 is 14.3 Å². The molecule has 1 fully saturated rings. The zero-order chi connectivity index (χ0) is 19.2. The summed E-state index contributed by atoms with van der Waals surface area (Å²) in [6, 6.07) is 5.43. The van der Waals surface area contributed by atoms with E-state index in [9.17, 15) is 4.79 Å². The molecule has 2 aromatic rings. The van der Waals surface area contributed by atoms with Crippen LogP contribution in [-0.2, 0) is 13.6 Å². The van der Waals surface area contributed by atoms with E-state index in [0.717, 1.165) is 32.7 Å². The third kappa shape index (κ3) is 4.80. The number of carbonyl (C=O) groups is 1. The highest BCUT2D eigenvalue weighted by molar-refractivity contribution is 5.95. The smallest absolute Gasteiger partial charge is 0.254 e. The summed E-state index contributed by atoms with van der Waals surface area (Å²) >= 11 is 0. The highest BCUT2D eigenvalue weighted by Crippen LogP contribution is 2.29. The number of nitrogens with zero attached hydrogens (tertiary/aromatic N) is 4. The largest absolute Gasteiger partial charge is 0.490 e. The Hall–Kier alpha value is -2.54. The van der Waals surface area contributed by atoms with Gasteiger partial charge < -0.3 is 14.4 Å². The lowest BCUT2D eigenvalue weighted by Crippen LogP contribution is -2.48. The average molecular weight is 372 g/mol. The Kier molecular flexibility index (Phi) is 6.34. The maximum absolute atomic E-state index is 12.9. The zero-order valence-electron chi connectivity index (χ0n) is 16.4. The van der Waals surface area contributed by atoms with Gasteiger partial charge in [-0.05, 0) is 32.0 Å². The minimum Gasteiger partial charge on any atom is -0.490 e. The van der Waals surface area contributed by atoms with Gasteiger partial charge in [-0.25, -0.2) is 0 Å². The number of ether oxygens (including phenoxy) is 2. The predicted octanol–water partition coefficient (Wildman–Crippen LogP) is 2.18. The minimum atomic E-state index is 0.0417. The van der Waals surface area contributed by atoms with Crippen molar-refractivity contribution in [2.75, 3.05) is 39.4 Å². The van der Waals surface area contributed by atoms with Gasteiger partial charge in [0.2, 0.25) is 0 Å². The summed E-state index contributed by atoms with van der Waals surface area (Å²) in [5, 5.41) is 4.21. The van der Waals surface area contributed by atoms with Crippen molar-refractivity contribution in [2.45, 2.75) is 20.4 Å². The summed E-state index contributed by atoms with van der Waals surface area (Å²) in [6.07, 6.45) is 3.93. The van der Waals surface area contributed by atoms with Crippen LogP contribution in [0.2, 0.25) is 0 Å². The molecule has 0 atom stereocenters. The third-order valence-electron chi connectivity index (χ3n) is 4.61.